The summed E-state index contributed by atoms with van der Waals surface area (Å²) in [6.07, 6.45) is 0.100. The van der Waals surface area contributed by atoms with Crippen LogP contribution in [0.15, 0.2) is 47.0 Å². The van der Waals surface area contributed by atoms with Gasteiger partial charge in [0.1, 0.15) is 5.75 Å². The fourth-order valence-electron chi connectivity index (χ4n) is 3.08. The van der Waals surface area contributed by atoms with Gasteiger partial charge in [0, 0.05) is 28.1 Å². The summed E-state index contributed by atoms with van der Waals surface area (Å²) in [6, 6.07) is 12.0. The predicted octanol–water partition coefficient (Wildman–Crippen LogP) is 5.37. The molecular weight excluding hydrogens is 481 g/mol. The standard InChI is InChI=1S/C21H16Cl3N3O3S/c1-30-18-3-2-11(4-17(18)24)15-8-19(28)27-21(16(15)9-25)31-10-20(29)26-14-6-12(22)5-13(23)7-14/h2-7,15H,8,10H2,1H3,(H,26,29)(H,27,28)/t15-/m1/s1. The number of nitrogens with one attached hydrogen (secondary N) is 2. The topological polar surface area (TPSA) is 91.2 Å². The number of nitrogens with zero attached hydrogens (tertiary/aromatic N) is 1. The maximum atomic E-state index is 12.4. The zero-order valence-corrected chi connectivity index (χ0v) is 19.3. The van der Waals surface area contributed by atoms with Crippen molar-refractivity contribution >= 4 is 64.1 Å². The minimum absolute atomic E-state index is 0.0268. The number of methoxy groups -OCH3 is 1. The van der Waals surface area contributed by atoms with E-state index in [0.717, 1.165) is 11.8 Å². The number of hydrogen-bond donors (Lipinski definition) is 2. The molecule has 0 saturated heterocycles. The van der Waals surface area contributed by atoms with Crippen LogP contribution in [0.4, 0.5) is 5.69 Å². The van der Waals surface area contributed by atoms with Gasteiger partial charge < -0.3 is 15.4 Å². The molecule has 10 heteroatoms. The smallest absolute Gasteiger partial charge is 0.234 e. The molecule has 1 aliphatic rings. The van der Waals surface area contributed by atoms with Gasteiger partial charge in [-0.05, 0) is 35.9 Å². The first-order valence-electron chi connectivity index (χ1n) is 8.97. The number of nitriles is 1. The van der Waals surface area contributed by atoms with E-state index in [0.29, 0.717) is 42.7 Å². The average molecular weight is 497 g/mol. The van der Waals surface area contributed by atoms with E-state index in [1.807, 2.05) is 0 Å². The Morgan fingerprint density at radius 3 is 2.58 bits per heavy atom. The highest BCUT2D eigenvalue weighted by Gasteiger charge is 2.30. The third kappa shape index (κ3) is 5.86. The lowest BCUT2D eigenvalue weighted by atomic mass is 9.87. The van der Waals surface area contributed by atoms with E-state index in [1.165, 1.54) is 7.11 Å². The molecule has 0 bridgehead atoms. The van der Waals surface area contributed by atoms with E-state index in [-0.39, 0.29) is 24.0 Å². The fraction of sp³-hybridized carbons (Fsp3) is 0.190. The van der Waals surface area contributed by atoms with E-state index in [4.69, 9.17) is 39.5 Å². The van der Waals surface area contributed by atoms with Gasteiger partial charge in [-0.1, -0.05) is 52.6 Å². The van der Waals surface area contributed by atoms with Crippen molar-refractivity contribution in [3.8, 4) is 11.8 Å². The number of anilines is 1. The maximum Gasteiger partial charge on any atom is 0.234 e. The lowest BCUT2D eigenvalue weighted by molar-refractivity contribution is -0.121. The molecule has 1 atom stereocenters. The molecule has 160 valence electrons. The fourth-order valence-corrected chi connectivity index (χ4v) is 4.75. The number of ether oxygens (including phenoxy) is 1. The van der Waals surface area contributed by atoms with Crippen molar-refractivity contribution in [1.82, 2.24) is 5.32 Å². The van der Waals surface area contributed by atoms with Crippen LogP contribution in [0.1, 0.15) is 17.9 Å². The third-order valence-corrected chi connectivity index (χ3v) is 6.18. The normalized spacial score (nSPS) is 15.8. The van der Waals surface area contributed by atoms with E-state index < -0.39 is 5.92 Å². The zero-order chi connectivity index (χ0) is 22.5. The molecule has 0 radical (unpaired) electrons. The minimum atomic E-state index is -0.473. The summed E-state index contributed by atoms with van der Waals surface area (Å²) in [6.45, 7) is 0. The molecule has 3 rings (SSSR count). The molecule has 0 saturated carbocycles. The van der Waals surface area contributed by atoms with Gasteiger partial charge in [-0.15, -0.1) is 0 Å². The number of amides is 2. The van der Waals surface area contributed by atoms with Gasteiger partial charge in [0.2, 0.25) is 11.8 Å². The van der Waals surface area contributed by atoms with Gasteiger partial charge in [-0.25, -0.2) is 0 Å². The van der Waals surface area contributed by atoms with Gasteiger partial charge in [0.15, 0.2) is 0 Å². The molecule has 2 amide bonds. The quantitative estimate of drug-likeness (QED) is 0.561. The Labute approximate surface area is 198 Å². The Kier molecular flexibility index (Phi) is 7.74. The van der Waals surface area contributed by atoms with Crippen LogP contribution in [0.5, 0.6) is 5.75 Å². The van der Waals surface area contributed by atoms with E-state index >= 15 is 0 Å². The van der Waals surface area contributed by atoms with Crippen LogP contribution < -0.4 is 15.4 Å². The second-order valence-corrected chi connectivity index (χ2v) is 8.81. The summed E-state index contributed by atoms with van der Waals surface area (Å²) in [5.41, 5.74) is 1.54. The largest absolute Gasteiger partial charge is 0.495 e. The molecule has 1 heterocycles. The molecule has 0 aromatic heterocycles. The van der Waals surface area contributed by atoms with Crippen LogP contribution >= 0.6 is 46.6 Å². The predicted molar refractivity (Wildman–Crippen MR) is 124 cm³/mol. The van der Waals surface area contributed by atoms with Crippen molar-refractivity contribution in [3.63, 3.8) is 0 Å². The van der Waals surface area contributed by atoms with Crippen LogP contribution in [0, 0.1) is 11.3 Å². The summed E-state index contributed by atoms with van der Waals surface area (Å²) in [5.74, 6) is -0.585. The third-order valence-electron chi connectivity index (χ3n) is 4.43. The van der Waals surface area contributed by atoms with Gasteiger partial charge >= 0.3 is 0 Å². The second kappa shape index (κ2) is 10.3. The van der Waals surface area contributed by atoms with E-state index in [1.54, 1.807) is 36.4 Å². The second-order valence-electron chi connectivity index (χ2n) is 6.55. The zero-order valence-electron chi connectivity index (χ0n) is 16.2. The highest BCUT2D eigenvalue weighted by atomic mass is 35.5. The van der Waals surface area contributed by atoms with Crippen molar-refractivity contribution in [2.24, 2.45) is 0 Å². The first kappa shape index (κ1) is 23.3. The van der Waals surface area contributed by atoms with Gasteiger partial charge in [0.05, 0.1) is 34.6 Å². The van der Waals surface area contributed by atoms with Gasteiger partial charge in [-0.2, -0.15) is 5.26 Å². The Bertz CT molecular complexity index is 1090. The number of halogens is 3. The van der Waals surface area contributed by atoms with Gasteiger partial charge in [0.25, 0.3) is 0 Å². The molecular formula is C21H16Cl3N3O3S. The Hall–Kier alpha value is -2.37. The van der Waals surface area contributed by atoms with Crippen molar-refractivity contribution in [1.29, 1.82) is 5.26 Å². The molecule has 2 aromatic carbocycles. The summed E-state index contributed by atoms with van der Waals surface area (Å²) in [7, 11) is 1.51. The number of hydrogen-bond acceptors (Lipinski definition) is 5. The first-order valence-corrected chi connectivity index (χ1v) is 11.1. The van der Waals surface area contributed by atoms with Crippen LogP contribution in [0.25, 0.3) is 0 Å². The minimum Gasteiger partial charge on any atom is -0.495 e. The summed E-state index contributed by atoms with van der Waals surface area (Å²) < 4.78 is 5.16. The summed E-state index contributed by atoms with van der Waals surface area (Å²) in [5, 5.41) is 16.7. The van der Waals surface area contributed by atoms with Crippen molar-refractivity contribution < 1.29 is 14.3 Å². The maximum absolute atomic E-state index is 12.4. The number of carbonyl (C=O) groups excluding carboxylic acids is 2. The first-order chi connectivity index (χ1) is 14.8. The Morgan fingerprint density at radius 1 is 1.26 bits per heavy atom. The van der Waals surface area contributed by atoms with Crippen molar-refractivity contribution in [2.75, 3.05) is 18.2 Å². The number of allylic oxidation sites excluding steroid dienone is 1. The lowest BCUT2D eigenvalue weighted by Crippen LogP contribution is -2.31. The highest BCUT2D eigenvalue weighted by molar-refractivity contribution is 8.03. The van der Waals surface area contributed by atoms with E-state index in [9.17, 15) is 14.9 Å². The molecule has 0 aliphatic carbocycles. The number of thioether (sulfide) groups is 1. The molecule has 2 aromatic rings. The molecule has 6 nitrogen and oxygen atoms in total. The van der Waals surface area contributed by atoms with Crippen LogP contribution in [0.2, 0.25) is 15.1 Å². The van der Waals surface area contributed by atoms with Crippen molar-refractivity contribution in [3.05, 3.63) is 67.6 Å². The Morgan fingerprint density at radius 2 is 1.97 bits per heavy atom. The molecule has 0 unspecified atom stereocenters. The summed E-state index contributed by atoms with van der Waals surface area (Å²) >= 11 is 19.2. The molecule has 0 spiro atoms. The lowest BCUT2D eigenvalue weighted by Gasteiger charge is -2.25. The molecule has 2 N–H and O–H groups in total. The monoisotopic (exact) mass is 495 g/mol. The molecule has 31 heavy (non-hydrogen) atoms. The van der Waals surface area contributed by atoms with E-state index in [2.05, 4.69) is 16.7 Å². The van der Waals surface area contributed by atoms with Gasteiger partial charge in [-0.3, -0.25) is 9.59 Å². The number of benzene rings is 2. The number of carbonyl (C=O) groups is 2. The summed E-state index contributed by atoms with van der Waals surface area (Å²) in [4.78, 5) is 24.6. The average Bonchev–Trinajstić information content (AvgIpc) is 2.71. The number of rotatable bonds is 6. The Balaban J connectivity index is 1.78. The SMILES string of the molecule is COc1ccc([C@H]2CC(=O)NC(SCC(=O)Nc3cc(Cl)cc(Cl)c3)=C2C#N)cc1Cl. The van der Waals surface area contributed by atoms with Crippen LogP contribution in [-0.4, -0.2) is 24.7 Å². The van der Waals surface area contributed by atoms with Crippen LogP contribution in [0.3, 0.4) is 0 Å². The van der Waals surface area contributed by atoms with Crippen molar-refractivity contribution in [2.45, 2.75) is 12.3 Å². The van der Waals surface area contributed by atoms with Crippen LogP contribution in [-0.2, 0) is 9.59 Å². The molecule has 1 aliphatic heterocycles. The highest BCUT2D eigenvalue weighted by Crippen LogP contribution is 2.38. The molecule has 0 fully saturated rings.